The molecule has 0 saturated carbocycles. The molecular weight excluding hydrogens is 339 g/mol. The summed E-state index contributed by atoms with van der Waals surface area (Å²) in [4.78, 5) is 4.26. The van der Waals surface area contributed by atoms with E-state index in [1.54, 1.807) is 12.1 Å². The molecule has 23 heavy (non-hydrogen) atoms. The van der Waals surface area contributed by atoms with E-state index in [4.69, 9.17) is 4.74 Å². The SMILES string of the molecule is COc1cccc2sc(NS(=O)(=O)Cc3cccc(F)c3)nc12. The lowest BCUT2D eigenvalue weighted by molar-refractivity contribution is 0.419. The summed E-state index contributed by atoms with van der Waals surface area (Å²) >= 11 is 1.21. The number of hydrogen-bond acceptors (Lipinski definition) is 5. The Morgan fingerprint density at radius 3 is 2.78 bits per heavy atom. The first kappa shape index (κ1) is 15.7. The van der Waals surface area contributed by atoms with Gasteiger partial charge in [0.25, 0.3) is 0 Å². The average Bonchev–Trinajstić information content (AvgIpc) is 2.87. The van der Waals surface area contributed by atoms with E-state index in [0.717, 1.165) is 4.70 Å². The summed E-state index contributed by atoms with van der Waals surface area (Å²) in [5.41, 5.74) is 0.972. The van der Waals surface area contributed by atoms with E-state index >= 15 is 0 Å². The Morgan fingerprint density at radius 1 is 1.26 bits per heavy atom. The van der Waals surface area contributed by atoms with Crippen LogP contribution in [0.15, 0.2) is 42.5 Å². The maximum Gasteiger partial charge on any atom is 0.238 e. The molecule has 5 nitrogen and oxygen atoms in total. The molecule has 0 unspecified atom stereocenters. The second-order valence-electron chi connectivity index (χ2n) is 4.82. The predicted molar refractivity (Wildman–Crippen MR) is 88.8 cm³/mol. The highest BCUT2D eigenvalue weighted by Crippen LogP contribution is 2.32. The van der Waals surface area contributed by atoms with Crippen molar-refractivity contribution in [2.45, 2.75) is 5.75 Å². The largest absolute Gasteiger partial charge is 0.494 e. The Hall–Kier alpha value is -2.19. The highest BCUT2D eigenvalue weighted by atomic mass is 32.2. The number of nitrogens with one attached hydrogen (secondary N) is 1. The zero-order valence-electron chi connectivity index (χ0n) is 12.1. The van der Waals surface area contributed by atoms with Gasteiger partial charge in [-0.05, 0) is 29.8 Å². The maximum absolute atomic E-state index is 13.2. The standard InChI is InChI=1S/C15H13FN2O3S2/c1-21-12-6-3-7-13-14(12)17-15(22-13)18-23(19,20)9-10-4-2-5-11(16)8-10/h2-8H,9H2,1H3,(H,17,18). The Kier molecular flexibility index (Phi) is 4.18. The van der Waals surface area contributed by atoms with E-state index in [-0.39, 0.29) is 10.9 Å². The molecular formula is C15H13FN2O3S2. The number of nitrogens with zero attached hydrogens (tertiary/aromatic N) is 1. The molecule has 0 aliphatic rings. The van der Waals surface area contributed by atoms with Crippen molar-refractivity contribution < 1.29 is 17.5 Å². The normalized spacial score (nSPS) is 11.6. The lowest BCUT2D eigenvalue weighted by Gasteiger charge is -2.05. The number of methoxy groups -OCH3 is 1. The molecule has 0 aliphatic carbocycles. The lowest BCUT2D eigenvalue weighted by atomic mass is 10.2. The van der Waals surface area contributed by atoms with Crippen molar-refractivity contribution in [1.29, 1.82) is 0 Å². The summed E-state index contributed by atoms with van der Waals surface area (Å²) < 4.78 is 46.0. The highest BCUT2D eigenvalue weighted by molar-refractivity contribution is 7.92. The van der Waals surface area contributed by atoms with Gasteiger partial charge < -0.3 is 4.74 Å². The Balaban J connectivity index is 1.85. The molecule has 0 spiro atoms. The number of fused-ring (bicyclic) bond motifs is 1. The van der Waals surface area contributed by atoms with Crippen molar-refractivity contribution in [2.75, 3.05) is 11.8 Å². The first-order chi connectivity index (χ1) is 11.0. The van der Waals surface area contributed by atoms with Gasteiger partial charge in [-0.2, -0.15) is 0 Å². The molecule has 0 bridgehead atoms. The van der Waals surface area contributed by atoms with Gasteiger partial charge in [0, 0.05) is 0 Å². The van der Waals surface area contributed by atoms with Gasteiger partial charge in [-0.3, -0.25) is 4.72 Å². The number of benzene rings is 2. The second kappa shape index (κ2) is 6.13. The Labute approximate surface area is 136 Å². The molecule has 2 aromatic carbocycles. The zero-order valence-corrected chi connectivity index (χ0v) is 13.7. The molecule has 0 aliphatic heterocycles. The first-order valence-corrected chi connectivity index (χ1v) is 9.12. The van der Waals surface area contributed by atoms with Crippen molar-refractivity contribution in [1.82, 2.24) is 4.98 Å². The fourth-order valence-electron chi connectivity index (χ4n) is 2.15. The first-order valence-electron chi connectivity index (χ1n) is 6.65. The van der Waals surface area contributed by atoms with Crippen LogP contribution in [-0.2, 0) is 15.8 Å². The molecule has 0 atom stereocenters. The van der Waals surface area contributed by atoms with Gasteiger partial charge in [-0.15, -0.1) is 0 Å². The lowest BCUT2D eigenvalue weighted by Crippen LogP contribution is -2.15. The fraction of sp³-hybridized carbons (Fsp3) is 0.133. The molecule has 3 rings (SSSR count). The number of hydrogen-bond donors (Lipinski definition) is 1. The third kappa shape index (κ3) is 3.59. The van der Waals surface area contributed by atoms with Crippen molar-refractivity contribution in [3.8, 4) is 5.75 Å². The molecule has 0 amide bonds. The third-order valence-corrected chi connectivity index (χ3v) is 5.37. The van der Waals surface area contributed by atoms with Crippen LogP contribution in [0, 0.1) is 5.82 Å². The summed E-state index contributed by atoms with van der Waals surface area (Å²) in [5.74, 6) is -0.214. The van der Waals surface area contributed by atoms with Crippen LogP contribution < -0.4 is 9.46 Å². The van der Waals surface area contributed by atoms with E-state index in [1.807, 2.05) is 12.1 Å². The topological polar surface area (TPSA) is 68.3 Å². The van der Waals surface area contributed by atoms with Gasteiger partial charge in [0.05, 0.1) is 17.6 Å². The van der Waals surface area contributed by atoms with Crippen LogP contribution in [0.25, 0.3) is 10.2 Å². The van der Waals surface area contributed by atoms with Gasteiger partial charge in [0.1, 0.15) is 17.1 Å². The van der Waals surface area contributed by atoms with Crippen LogP contribution in [0.1, 0.15) is 5.56 Å². The van der Waals surface area contributed by atoms with Crippen molar-refractivity contribution >= 4 is 36.7 Å². The highest BCUT2D eigenvalue weighted by Gasteiger charge is 2.16. The summed E-state index contributed by atoms with van der Waals surface area (Å²) in [6.45, 7) is 0. The zero-order chi connectivity index (χ0) is 16.4. The van der Waals surface area contributed by atoms with Gasteiger partial charge in [0.15, 0.2) is 5.13 Å². The van der Waals surface area contributed by atoms with Crippen LogP contribution >= 0.6 is 11.3 Å². The summed E-state index contributed by atoms with van der Waals surface area (Å²) in [7, 11) is -2.15. The van der Waals surface area contributed by atoms with Crippen molar-refractivity contribution in [3.05, 3.63) is 53.8 Å². The molecule has 1 heterocycles. The van der Waals surface area contributed by atoms with E-state index in [2.05, 4.69) is 9.71 Å². The molecule has 1 N–H and O–H groups in total. The van der Waals surface area contributed by atoms with Crippen LogP contribution in [0.2, 0.25) is 0 Å². The fourth-order valence-corrected chi connectivity index (χ4v) is 4.43. The molecule has 0 fully saturated rings. The van der Waals surface area contributed by atoms with Crippen LogP contribution in [0.4, 0.5) is 9.52 Å². The maximum atomic E-state index is 13.2. The summed E-state index contributed by atoms with van der Waals surface area (Å²) in [5, 5.41) is 0.251. The number of halogens is 1. The monoisotopic (exact) mass is 352 g/mol. The molecule has 1 aromatic heterocycles. The van der Waals surface area contributed by atoms with Gasteiger partial charge >= 0.3 is 0 Å². The minimum absolute atomic E-state index is 0.251. The van der Waals surface area contributed by atoms with E-state index < -0.39 is 15.8 Å². The number of ether oxygens (including phenoxy) is 1. The van der Waals surface area contributed by atoms with Gasteiger partial charge in [-0.1, -0.05) is 29.5 Å². The summed E-state index contributed by atoms with van der Waals surface area (Å²) in [6.07, 6.45) is 0. The van der Waals surface area contributed by atoms with Gasteiger partial charge in [-0.25, -0.2) is 17.8 Å². The van der Waals surface area contributed by atoms with E-state index in [9.17, 15) is 12.8 Å². The van der Waals surface area contributed by atoms with E-state index in [1.165, 1.54) is 36.6 Å². The third-order valence-electron chi connectivity index (χ3n) is 3.09. The molecule has 0 radical (unpaired) electrons. The molecule has 0 saturated heterocycles. The predicted octanol–water partition coefficient (Wildman–Crippen LogP) is 3.39. The number of para-hydroxylation sites is 1. The molecule has 3 aromatic rings. The van der Waals surface area contributed by atoms with Crippen molar-refractivity contribution in [2.24, 2.45) is 0 Å². The number of sulfonamides is 1. The average molecular weight is 352 g/mol. The van der Waals surface area contributed by atoms with Crippen molar-refractivity contribution in [3.63, 3.8) is 0 Å². The van der Waals surface area contributed by atoms with Gasteiger partial charge in [0.2, 0.25) is 10.0 Å². The number of aromatic nitrogens is 1. The Bertz CT molecular complexity index is 954. The minimum Gasteiger partial charge on any atom is -0.494 e. The number of rotatable bonds is 5. The van der Waals surface area contributed by atoms with Crippen LogP contribution in [-0.4, -0.2) is 20.5 Å². The minimum atomic E-state index is -3.68. The molecule has 8 heteroatoms. The summed E-state index contributed by atoms with van der Waals surface area (Å²) in [6, 6.07) is 10.9. The number of thiazole rings is 1. The molecule has 120 valence electrons. The number of anilines is 1. The quantitative estimate of drug-likeness (QED) is 0.764. The smallest absolute Gasteiger partial charge is 0.238 e. The van der Waals surface area contributed by atoms with E-state index in [0.29, 0.717) is 16.8 Å². The van der Waals surface area contributed by atoms with Crippen LogP contribution in [0.5, 0.6) is 5.75 Å². The van der Waals surface area contributed by atoms with Crippen LogP contribution in [0.3, 0.4) is 0 Å². The Morgan fingerprint density at radius 2 is 2.04 bits per heavy atom. The second-order valence-corrected chi connectivity index (χ2v) is 7.57.